The highest BCUT2D eigenvalue weighted by molar-refractivity contribution is 7.92. The number of halogens is 1. The average Bonchev–Trinajstić information content (AvgIpc) is 2.65. The zero-order valence-corrected chi connectivity index (χ0v) is 17.9. The molecule has 0 aliphatic heterocycles. The topological polar surface area (TPSA) is 75.7 Å². The molecular weight excluding hydrogens is 395 g/mol. The van der Waals surface area contributed by atoms with Gasteiger partial charge >= 0.3 is 0 Å². The van der Waals surface area contributed by atoms with E-state index in [1.54, 1.807) is 7.11 Å². The van der Waals surface area contributed by atoms with Crippen molar-refractivity contribution in [1.82, 2.24) is 5.32 Å². The molecule has 2 aromatic carbocycles. The van der Waals surface area contributed by atoms with Crippen LogP contribution in [0, 0.1) is 11.7 Å². The molecule has 6 nitrogen and oxygen atoms in total. The number of carbonyl (C=O) groups is 1. The van der Waals surface area contributed by atoms with E-state index in [1.807, 2.05) is 38.1 Å². The molecule has 0 saturated heterocycles. The number of benzene rings is 2. The monoisotopic (exact) mass is 422 g/mol. The summed E-state index contributed by atoms with van der Waals surface area (Å²) in [7, 11) is -2.14. The van der Waals surface area contributed by atoms with Crippen molar-refractivity contribution in [2.45, 2.75) is 26.3 Å². The summed E-state index contributed by atoms with van der Waals surface area (Å²) in [5.41, 5.74) is 1.13. The molecule has 2 aromatic rings. The molecule has 0 aliphatic carbocycles. The van der Waals surface area contributed by atoms with Crippen LogP contribution in [0.1, 0.15) is 31.9 Å². The van der Waals surface area contributed by atoms with Crippen LogP contribution < -0.4 is 14.4 Å². The molecule has 0 radical (unpaired) electrons. The Kier molecular flexibility index (Phi) is 7.61. The summed E-state index contributed by atoms with van der Waals surface area (Å²) in [6, 6.07) is 12.1. The molecule has 2 rings (SSSR count). The first-order valence-electron chi connectivity index (χ1n) is 9.26. The third kappa shape index (κ3) is 6.74. The minimum Gasteiger partial charge on any atom is -0.497 e. The van der Waals surface area contributed by atoms with Gasteiger partial charge in [-0.3, -0.25) is 9.10 Å². The predicted octanol–water partition coefficient (Wildman–Crippen LogP) is 3.50. The number of nitrogens with one attached hydrogen (secondary N) is 1. The highest BCUT2D eigenvalue weighted by atomic mass is 32.2. The average molecular weight is 423 g/mol. The number of methoxy groups -OCH3 is 1. The molecular formula is C21H27FN2O4S. The number of hydrogen-bond acceptors (Lipinski definition) is 4. The van der Waals surface area contributed by atoms with Gasteiger partial charge in [-0.05, 0) is 54.3 Å². The van der Waals surface area contributed by atoms with E-state index >= 15 is 0 Å². The Bertz CT molecular complexity index is 913. The van der Waals surface area contributed by atoms with E-state index in [0.717, 1.165) is 28.3 Å². The SMILES string of the molecule is COc1ccc([C@H](CC(C)C)NC(=O)CN(c2ccc(F)cc2)S(C)(=O)=O)cc1. The minimum absolute atomic E-state index is 0.230. The number of hydrogen-bond donors (Lipinski definition) is 1. The highest BCUT2D eigenvalue weighted by Crippen LogP contribution is 2.24. The molecule has 29 heavy (non-hydrogen) atoms. The Morgan fingerprint density at radius 3 is 2.17 bits per heavy atom. The second-order valence-corrected chi connectivity index (χ2v) is 9.18. The predicted molar refractivity (Wildman–Crippen MR) is 112 cm³/mol. The van der Waals surface area contributed by atoms with Crippen molar-refractivity contribution in [3.63, 3.8) is 0 Å². The number of amides is 1. The number of anilines is 1. The zero-order valence-electron chi connectivity index (χ0n) is 17.1. The first kappa shape index (κ1) is 22.7. The van der Waals surface area contributed by atoms with Crippen molar-refractivity contribution in [2.24, 2.45) is 5.92 Å². The van der Waals surface area contributed by atoms with Crippen LogP contribution in [0.4, 0.5) is 10.1 Å². The van der Waals surface area contributed by atoms with Crippen LogP contribution in [-0.2, 0) is 14.8 Å². The van der Waals surface area contributed by atoms with E-state index in [-0.39, 0.29) is 11.7 Å². The van der Waals surface area contributed by atoms with Crippen LogP contribution >= 0.6 is 0 Å². The summed E-state index contributed by atoms with van der Waals surface area (Å²) in [5.74, 6) is 0.0952. The van der Waals surface area contributed by atoms with E-state index in [1.165, 1.54) is 12.1 Å². The van der Waals surface area contributed by atoms with Crippen LogP contribution in [-0.4, -0.2) is 34.2 Å². The second-order valence-electron chi connectivity index (χ2n) is 7.27. The molecule has 8 heteroatoms. The first-order chi connectivity index (χ1) is 13.6. The van der Waals surface area contributed by atoms with Crippen molar-refractivity contribution in [3.05, 3.63) is 59.9 Å². The van der Waals surface area contributed by atoms with Gasteiger partial charge in [0.15, 0.2) is 0 Å². The highest BCUT2D eigenvalue weighted by Gasteiger charge is 2.23. The Morgan fingerprint density at radius 2 is 1.69 bits per heavy atom. The summed E-state index contributed by atoms with van der Waals surface area (Å²) >= 11 is 0. The van der Waals surface area contributed by atoms with Crippen LogP contribution in [0.2, 0.25) is 0 Å². The summed E-state index contributed by atoms with van der Waals surface area (Å²) in [4.78, 5) is 12.7. The van der Waals surface area contributed by atoms with E-state index in [0.29, 0.717) is 18.1 Å². The minimum atomic E-state index is -3.72. The molecule has 0 unspecified atom stereocenters. The fourth-order valence-electron chi connectivity index (χ4n) is 2.96. The Morgan fingerprint density at radius 1 is 1.10 bits per heavy atom. The summed E-state index contributed by atoms with van der Waals surface area (Å²) in [5, 5.41) is 2.93. The van der Waals surface area contributed by atoms with Gasteiger partial charge in [0, 0.05) is 0 Å². The van der Waals surface area contributed by atoms with Crippen molar-refractivity contribution < 1.29 is 22.3 Å². The third-order valence-corrected chi connectivity index (χ3v) is 5.50. The normalized spacial score (nSPS) is 12.5. The second kappa shape index (κ2) is 9.73. The largest absolute Gasteiger partial charge is 0.497 e. The molecule has 1 amide bonds. The van der Waals surface area contributed by atoms with Crippen LogP contribution in [0.5, 0.6) is 5.75 Å². The molecule has 0 fully saturated rings. The van der Waals surface area contributed by atoms with E-state index in [9.17, 15) is 17.6 Å². The zero-order chi connectivity index (χ0) is 21.6. The molecule has 0 heterocycles. The van der Waals surface area contributed by atoms with Gasteiger partial charge in [-0.2, -0.15) is 0 Å². The lowest BCUT2D eigenvalue weighted by Gasteiger charge is -2.25. The van der Waals surface area contributed by atoms with Crippen molar-refractivity contribution in [1.29, 1.82) is 0 Å². The molecule has 0 bridgehead atoms. The smallest absolute Gasteiger partial charge is 0.241 e. The summed E-state index contributed by atoms with van der Waals surface area (Å²) in [6.45, 7) is 3.70. The van der Waals surface area contributed by atoms with E-state index in [4.69, 9.17) is 4.74 Å². The quantitative estimate of drug-likeness (QED) is 0.671. The lowest BCUT2D eigenvalue weighted by atomic mass is 9.97. The van der Waals surface area contributed by atoms with Crippen molar-refractivity contribution >= 4 is 21.6 Å². The lowest BCUT2D eigenvalue weighted by Crippen LogP contribution is -2.41. The van der Waals surface area contributed by atoms with E-state index in [2.05, 4.69) is 5.32 Å². The van der Waals surface area contributed by atoms with Crippen molar-refractivity contribution in [2.75, 3.05) is 24.2 Å². The fraction of sp³-hybridized carbons (Fsp3) is 0.381. The molecule has 158 valence electrons. The van der Waals surface area contributed by atoms with Crippen LogP contribution in [0.15, 0.2) is 48.5 Å². The summed E-state index contributed by atoms with van der Waals surface area (Å²) in [6.07, 6.45) is 1.70. The number of rotatable bonds is 9. The van der Waals surface area contributed by atoms with Crippen LogP contribution in [0.25, 0.3) is 0 Å². The standard InChI is InChI=1S/C21H27FN2O4S/c1-15(2)13-20(16-5-11-19(28-3)12-6-16)23-21(25)14-24(29(4,26)27)18-9-7-17(22)8-10-18/h5-12,15,20H,13-14H2,1-4H3,(H,23,25)/t20-/m0/s1. The van der Waals surface area contributed by atoms with Gasteiger partial charge in [-0.1, -0.05) is 26.0 Å². The maximum absolute atomic E-state index is 13.2. The molecule has 0 aliphatic rings. The lowest BCUT2D eigenvalue weighted by molar-refractivity contribution is -0.120. The summed E-state index contributed by atoms with van der Waals surface area (Å²) < 4.78 is 43.7. The van der Waals surface area contributed by atoms with Gasteiger partial charge in [0.05, 0.1) is 25.1 Å². The maximum atomic E-state index is 13.2. The molecule has 1 atom stereocenters. The maximum Gasteiger partial charge on any atom is 0.241 e. The fourth-order valence-corrected chi connectivity index (χ4v) is 3.82. The first-order valence-corrected chi connectivity index (χ1v) is 11.1. The van der Waals surface area contributed by atoms with Gasteiger partial charge < -0.3 is 10.1 Å². The van der Waals surface area contributed by atoms with Crippen LogP contribution in [0.3, 0.4) is 0 Å². The van der Waals surface area contributed by atoms with Gasteiger partial charge in [0.25, 0.3) is 0 Å². The molecule has 0 saturated carbocycles. The number of carbonyl (C=O) groups excluding carboxylic acids is 1. The van der Waals surface area contributed by atoms with Gasteiger partial charge in [-0.15, -0.1) is 0 Å². The molecule has 1 N–H and O–H groups in total. The van der Waals surface area contributed by atoms with Gasteiger partial charge in [0.2, 0.25) is 15.9 Å². The Hall–Kier alpha value is -2.61. The van der Waals surface area contributed by atoms with Crippen molar-refractivity contribution in [3.8, 4) is 5.75 Å². The van der Waals surface area contributed by atoms with Gasteiger partial charge in [-0.25, -0.2) is 12.8 Å². The number of nitrogens with zero attached hydrogens (tertiary/aromatic N) is 1. The Labute approximate surface area is 171 Å². The van der Waals surface area contributed by atoms with Gasteiger partial charge in [0.1, 0.15) is 18.1 Å². The molecule has 0 spiro atoms. The number of ether oxygens (including phenoxy) is 1. The Balaban J connectivity index is 2.20. The molecule has 0 aromatic heterocycles. The third-order valence-electron chi connectivity index (χ3n) is 4.36. The van der Waals surface area contributed by atoms with E-state index < -0.39 is 28.3 Å². The number of sulfonamides is 1.